The van der Waals surface area contributed by atoms with Crippen molar-refractivity contribution in [1.82, 2.24) is 4.90 Å². The van der Waals surface area contributed by atoms with E-state index in [2.05, 4.69) is 6.07 Å². The quantitative estimate of drug-likeness (QED) is 0.263. The highest BCUT2D eigenvalue weighted by Gasteiger charge is 2.55. The average Bonchev–Trinajstić information content (AvgIpc) is 2.90. The van der Waals surface area contributed by atoms with E-state index in [4.69, 9.17) is 19.2 Å². The highest BCUT2D eigenvalue weighted by molar-refractivity contribution is 5.69. The molecule has 2 bridgehead atoms. The van der Waals surface area contributed by atoms with E-state index >= 15 is 0 Å². The summed E-state index contributed by atoms with van der Waals surface area (Å²) in [5.41, 5.74) is 3.09. The van der Waals surface area contributed by atoms with Crippen LogP contribution in [0.5, 0.6) is 5.75 Å². The topological polar surface area (TPSA) is 74.3 Å². The minimum absolute atomic E-state index is 0.00595. The summed E-state index contributed by atoms with van der Waals surface area (Å²) in [5, 5.41) is 0. The molecule has 196 valence electrons. The van der Waals surface area contributed by atoms with Crippen LogP contribution >= 0.6 is 0 Å². The van der Waals surface area contributed by atoms with E-state index in [-0.39, 0.29) is 24.2 Å². The number of rotatable bonds is 5. The molecule has 0 unspecified atom stereocenters. The molecule has 0 radical (unpaired) electrons. The molecule has 1 aliphatic heterocycles. The molecule has 2 saturated carbocycles. The Morgan fingerprint density at radius 1 is 1.00 bits per heavy atom. The number of benzene rings is 2. The van der Waals surface area contributed by atoms with E-state index in [1.54, 1.807) is 0 Å². The summed E-state index contributed by atoms with van der Waals surface area (Å²) in [4.78, 5) is 37.8. The standard InChI is InChI=1S/C30H35NO6/c1-29(13-7-14-29)35-28(33)37-36-23-12-11-22-18-26-24-10-5-6-15-30(24,25(22)19-23)16-17-31(26)27(32)34-20-21-8-3-2-4-9-21/h2-4,8-9,11-12,19,24,26H,5-7,10,13-18,20H2,1H3/t24-,26+,30+/m0/s1. The minimum atomic E-state index is -0.795. The van der Waals surface area contributed by atoms with Crippen LogP contribution < -0.4 is 4.89 Å². The third-order valence-corrected chi connectivity index (χ3v) is 9.19. The number of carbonyl (C=O) groups excluding carboxylic acids is 2. The van der Waals surface area contributed by atoms with Crippen molar-refractivity contribution >= 4 is 12.2 Å². The van der Waals surface area contributed by atoms with Crippen LogP contribution in [0.15, 0.2) is 48.5 Å². The lowest BCUT2D eigenvalue weighted by molar-refractivity contribution is -0.191. The molecule has 7 nitrogen and oxygen atoms in total. The summed E-state index contributed by atoms with van der Waals surface area (Å²) < 4.78 is 11.2. The van der Waals surface area contributed by atoms with Gasteiger partial charge in [-0.1, -0.05) is 49.2 Å². The maximum absolute atomic E-state index is 13.2. The summed E-state index contributed by atoms with van der Waals surface area (Å²) >= 11 is 0. The van der Waals surface area contributed by atoms with E-state index in [1.807, 2.05) is 54.3 Å². The second-order valence-electron chi connectivity index (χ2n) is 11.4. The molecule has 2 aromatic rings. The molecule has 3 aliphatic carbocycles. The number of fused-ring (bicyclic) bond motifs is 1. The van der Waals surface area contributed by atoms with Crippen LogP contribution in [0, 0.1) is 5.92 Å². The Kier molecular flexibility index (Phi) is 6.25. The van der Waals surface area contributed by atoms with Gasteiger partial charge in [0.05, 0.1) is 0 Å². The van der Waals surface area contributed by atoms with Crippen LogP contribution in [0.25, 0.3) is 0 Å². The smallest absolute Gasteiger partial charge is 0.445 e. The fourth-order valence-electron chi connectivity index (χ4n) is 7.14. The fraction of sp³-hybridized carbons (Fsp3) is 0.533. The van der Waals surface area contributed by atoms with Gasteiger partial charge in [-0.3, -0.25) is 4.89 Å². The lowest BCUT2D eigenvalue weighted by Gasteiger charge is -2.58. The van der Waals surface area contributed by atoms with Gasteiger partial charge in [-0.2, -0.15) is 4.79 Å². The first kappa shape index (κ1) is 24.1. The van der Waals surface area contributed by atoms with Gasteiger partial charge < -0.3 is 14.4 Å². The van der Waals surface area contributed by atoms with Crippen molar-refractivity contribution in [3.8, 4) is 5.75 Å². The molecule has 1 heterocycles. The third kappa shape index (κ3) is 4.53. The van der Waals surface area contributed by atoms with Gasteiger partial charge in [0.15, 0.2) is 5.75 Å². The van der Waals surface area contributed by atoms with E-state index < -0.39 is 11.8 Å². The van der Waals surface area contributed by atoms with Crippen LogP contribution in [0.2, 0.25) is 0 Å². The summed E-state index contributed by atoms with van der Waals surface area (Å²) in [6.45, 7) is 2.89. The van der Waals surface area contributed by atoms with Crippen molar-refractivity contribution in [2.24, 2.45) is 5.92 Å². The molecular weight excluding hydrogens is 470 g/mol. The first-order valence-electron chi connectivity index (χ1n) is 13.6. The van der Waals surface area contributed by atoms with Gasteiger partial charge in [-0.05, 0) is 86.6 Å². The molecule has 3 fully saturated rings. The Bertz CT molecular complexity index is 1160. The largest absolute Gasteiger partial charge is 0.550 e. The number of carbonyl (C=O) groups is 2. The number of piperidine rings is 1. The Labute approximate surface area is 218 Å². The first-order chi connectivity index (χ1) is 18.0. The zero-order valence-corrected chi connectivity index (χ0v) is 21.4. The number of amides is 1. The van der Waals surface area contributed by atoms with Crippen LogP contribution in [-0.4, -0.2) is 35.3 Å². The van der Waals surface area contributed by atoms with Crippen LogP contribution in [0.1, 0.15) is 75.0 Å². The highest BCUT2D eigenvalue weighted by atomic mass is 17.2. The lowest BCUT2D eigenvalue weighted by atomic mass is 9.52. The Hall–Kier alpha value is -3.22. The van der Waals surface area contributed by atoms with E-state index in [0.717, 1.165) is 50.5 Å². The van der Waals surface area contributed by atoms with Crippen molar-refractivity contribution in [3.05, 3.63) is 65.2 Å². The van der Waals surface area contributed by atoms with Crippen molar-refractivity contribution < 1.29 is 28.8 Å². The number of ether oxygens (including phenoxy) is 2. The second kappa shape index (κ2) is 9.58. The molecule has 4 aliphatic rings. The Morgan fingerprint density at radius 2 is 1.84 bits per heavy atom. The van der Waals surface area contributed by atoms with Crippen LogP contribution in [0.4, 0.5) is 9.59 Å². The predicted octanol–water partition coefficient (Wildman–Crippen LogP) is 6.47. The van der Waals surface area contributed by atoms with Gasteiger partial charge in [-0.15, -0.1) is 0 Å². The Balaban J connectivity index is 1.18. The molecule has 0 aromatic heterocycles. The summed E-state index contributed by atoms with van der Waals surface area (Å²) in [5.74, 6) is 0.891. The van der Waals surface area contributed by atoms with Gasteiger partial charge in [0.2, 0.25) is 0 Å². The lowest BCUT2D eigenvalue weighted by Crippen LogP contribution is -2.62. The normalized spacial score (nSPS) is 27.1. The second-order valence-corrected chi connectivity index (χ2v) is 11.4. The SMILES string of the molecule is CC1(OC(=O)OOc2ccc3c(c2)[C@@]24CCCC[C@H]2[C@@H](C3)N(C(=O)OCc2ccccc2)CC4)CCC1. The zero-order valence-electron chi connectivity index (χ0n) is 21.4. The molecule has 6 rings (SSSR count). The average molecular weight is 506 g/mol. The fourth-order valence-corrected chi connectivity index (χ4v) is 7.14. The van der Waals surface area contributed by atoms with Crippen molar-refractivity contribution in [1.29, 1.82) is 0 Å². The number of nitrogens with zero attached hydrogens (tertiary/aromatic N) is 1. The molecule has 0 spiro atoms. The van der Waals surface area contributed by atoms with Gasteiger partial charge in [-0.25, -0.2) is 9.68 Å². The molecule has 1 saturated heterocycles. The molecular formula is C30H35NO6. The molecule has 37 heavy (non-hydrogen) atoms. The van der Waals surface area contributed by atoms with Crippen LogP contribution in [0.3, 0.4) is 0 Å². The summed E-state index contributed by atoms with van der Waals surface area (Å²) in [7, 11) is 0. The summed E-state index contributed by atoms with van der Waals surface area (Å²) in [6.07, 6.45) is 7.98. The number of likely N-dealkylation sites (tertiary alicyclic amines) is 1. The number of hydrogen-bond donors (Lipinski definition) is 0. The summed E-state index contributed by atoms with van der Waals surface area (Å²) in [6, 6.07) is 15.9. The molecule has 2 aromatic carbocycles. The minimum Gasteiger partial charge on any atom is -0.445 e. The maximum atomic E-state index is 13.2. The predicted molar refractivity (Wildman–Crippen MR) is 136 cm³/mol. The van der Waals surface area contributed by atoms with Gasteiger partial charge in [0.1, 0.15) is 12.2 Å². The zero-order chi connectivity index (χ0) is 25.5. The van der Waals surface area contributed by atoms with E-state index in [0.29, 0.717) is 18.2 Å². The monoisotopic (exact) mass is 505 g/mol. The van der Waals surface area contributed by atoms with Crippen molar-refractivity contribution in [2.45, 2.75) is 88.4 Å². The van der Waals surface area contributed by atoms with Crippen molar-refractivity contribution in [3.63, 3.8) is 0 Å². The van der Waals surface area contributed by atoms with E-state index in [9.17, 15) is 9.59 Å². The molecule has 7 heteroatoms. The van der Waals surface area contributed by atoms with Crippen LogP contribution in [-0.2, 0) is 32.8 Å². The van der Waals surface area contributed by atoms with Gasteiger partial charge in [0.25, 0.3) is 0 Å². The van der Waals surface area contributed by atoms with Gasteiger partial charge in [0, 0.05) is 18.0 Å². The van der Waals surface area contributed by atoms with Crippen molar-refractivity contribution in [2.75, 3.05) is 6.54 Å². The number of hydrogen-bond acceptors (Lipinski definition) is 6. The van der Waals surface area contributed by atoms with E-state index in [1.165, 1.54) is 24.0 Å². The maximum Gasteiger partial charge on any atom is 0.550 e. The molecule has 0 N–H and O–H groups in total. The van der Waals surface area contributed by atoms with Gasteiger partial charge >= 0.3 is 12.2 Å². The molecule has 1 amide bonds. The Morgan fingerprint density at radius 3 is 2.62 bits per heavy atom. The first-order valence-corrected chi connectivity index (χ1v) is 13.6. The molecule has 3 atom stereocenters. The highest BCUT2D eigenvalue weighted by Crippen LogP contribution is 2.56. The third-order valence-electron chi connectivity index (χ3n) is 9.19.